The van der Waals surface area contributed by atoms with E-state index in [1.807, 2.05) is 9.80 Å². The van der Waals surface area contributed by atoms with Crippen LogP contribution < -0.4 is 5.32 Å². The van der Waals surface area contributed by atoms with Crippen LogP contribution in [-0.2, 0) is 4.79 Å². The molecule has 22 heavy (non-hydrogen) atoms. The first-order valence-electron chi connectivity index (χ1n) is 8.87. The van der Waals surface area contributed by atoms with E-state index in [1.54, 1.807) is 0 Å². The van der Waals surface area contributed by atoms with Crippen LogP contribution >= 0.6 is 0 Å². The second-order valence-electron chi connectivity index (χ2n) is 7.70. The average Bonchev–Trinajstić information content (AvgIpc) is 3.29. The van der Waals surface area contributed by atoms with Crippen molar-refractivity contribution in [1.82, 2.24) is 15.1 Å². The standard InChI is InChI=1S/C17H29N3O2/c1-12-8-13(2)10-20(9-12)16(21)14-4-3-7-19(11-14)17(22)18-15-5-6-15/h12-15H,3-11H2,1-2H3,(H,18,22). The number of carbonyl (C=O) groups excluding carboxylic acids is 2. The molecule has 3 atom stereocenters. The lowest BCUT2D eigenvalue weighted by molar-refractivity contribution is -0.139. The van der Waals surface area contributed by atoms with E-state index in [1.165, 1.54) is 6.42 Å². The minimum absolute atomic E-state index is 0.00352. The van der Waals surface area contributed by atoms with Gasteiger partial charge in [-0.1, -0.05) is 13.8 Å². The molecule has 0 aromatic heterocycles. The summed E-state index contributed by atoms with van der Waals surface area (Å²) in [5.41, 5.74) is 0. The summed E-state index contributed by atoms with van der Waals surface area (Å²) in [6, 6.07) is 0.410. The molecule has 0 aromatic carbocycles. The van der Waals surface area contributed by atoms with Crippen LogP contribution in [-0.4, -0.2) is 54.0 Å². The normalized spacial score (nSPS) is 32.7. The van der Waals surface area contributed by atoms with Gasteiger partial charge in [0.05, 0.1) is 5.92 Å². The number of rotatable bonds is 2. The summed E-state index contributed by atoms with van der Waals surface area (Å²) < 4.78 is 0. The van der Waals surface area contributed by atoms with Gasteiger partial charge >= 0.3 is 6.03 Å². The van der Waals surface area contributed by atoms with Crippen LogP contribution in [0.15, 0.2) is 0 Å². The summed E-state index contributed by atoms with van der Waals surface area (Å²) in [6.07, 6.45) is 5.28. The Balaban J connectivity index is 1.56. The van der Waals surface area contributed by atoms with Gasteiger partial charge in [0, 0.05) is 32.2 Å². The zero-order valence-corrected chi connectivity index (χ0v) is 13.9. The van der Waals surface area contributed by atoms with Crippen LogP contribution in [0.4, 0.5) is 4.79 Å². The number of carbonyl (C=O) groups is 2. The molecule has 5 heteroatoms. The highest BCUT2D eigenvalue weighted by molar-refractivity contribution is 5.81. The molecule has 3 aliphatic rings. The van der Waals surface area contributed by atoms with Gasteiger partial charge in [-0.2, -0.15) is 0 Å². The second-order valence-corrected chi connectivity index (χ2v) is 7.70. The molecular formula is C17H29N3O2. The predicted molar refractivity (Wildman–Crippen MR) is 85.4 cm³/mol. The topological polar surface area (TPSA) is 52.7 Å². The highest BCUT2D eigenvalue weighted by Gasteiger charge is 2.35. The number of hydrogen-bond donors (Lipinski definition) is 1. The fraction of sp³-hybridized carbons (Fsp3) is 0.882. The van der Waals surface area contributed by atoms with E-state index in [2.05, 4.69) is 19.2 Å². The van der Waals surface area contributed by atoms with E-state index in [9.17, 15) is 9.59 Å². The first-order chi connectivity index (χ1) is 10.5. The SMILES string of the molecule is CC1CC(C)CN(C(=O)C2CCCN(C(=O)NC3CC3)C2)C1. The monoisotopic (exact) mass is 307 g/mol. The number of nitrogens with zero attached hydrogens (tertiary/aromatic N) is 2. The minimum Gasteiger partial charge on any atom is -0.342 e. The van der Waals surface area contributed by atoms with Crippen molar-refractivity contribution in [2.45, 2.75) is 52.0 Å². The fourth-order valence-corrected chi connectivity index (χ4v) is 3.96. The van der Waals surface area contributed by atoms with Gasteiger partial charge in [-0.25, -0.2) is 4.79 Å². The second kappa shape index (κ2) is 6.47. The third-order valence-electron chi connectivity index (χ3n) is 5.14. The number of hydrogen-bond acceptors (Lipinski definition) is 2. The molecule has 3 rings (SSSR count). The third kappa shape index (κ3) is 3.73. The van der Waals surface area contributed by atoms with Crippen molar-refractivity contribution in [1.29, 1.82) is 0 Å². The molecule has 0 radical (unpaired) electrons. The summed E-state index contributed by atoms with van der Waals surface area (Å²) in [6.45, 7) is 7.60. The Hall–Kier alpha value is -1.26. The Morgan fingerprint density at radius 1 is 0.955 bits per heavy atom. The van der Waals surface area contributed by atoms with Crippen LogP contribution in [0.25, 0.3) is 0 Å². The molecule has 1 saturated carbocycles. The molecule has 2 saturated heterocycles. The summed E-state index contributed by atoms with van der Waals surface area (Å²) in [4.78, 5) is 28.9. The maximum atomic E-state index is 12.8. The van der Waals surface area contributed by atoms with Gasteiger partial charge < -0.3 is 15.1 Å². The van der Waals surface area contributed by atoms with Gasteiger partial charge in [0.25, 0.3) is 0 Å². The zero-order valence-electron chi connectivity index (χ0n) is 13.9. The van der Waals surface area contributed by atoms with Gasteiger partial charge in [-0.05, 0) is 43.9 Å². The molecule has 0 spiro atoms. The van der Waals surface area contributed by atoms with Crippen molar-refractivity contribution in [3.05, 3.63) is 0 Å². The van der Waals surface area contributed by atoms with E-state index in [-0.39, 0.29) is 17.9 Å². The van der Waals surface area contributed by atoms with Gasteiger partial charge in [0.15, 0.2) is 0 Å². The smallest absolute Gasteiger partial charge is 0.317 e. The molecule has 3 fully saturated rings. The van der Waals surface area contributed by atoms with Gasteiger partial charge in [0.1, 0.15) is 0 Å². The first-order valence-corrected chi connectivity index (χ1v) is 8.87. The highest BCUT2D eigenvalue weighted by atomic mass is 16.2. The molecule has 2 aliphatic heterocycles. The van der Waals surface area contributed by atoms with E-state index in [0.717, 1.165) is 45.3 Å². The lowest BCUT2D eigenvalue weighted by Crippen LogP contribution is -2.52. The lowest BCUT2D eigenvalue weighted by atomic mass is 9.89. The Bertz CT molecular complexity index is 426. The van der Waals surface area contributed by atoms with Crippen molar-refractivity contribution < 1.29 is 9.59 Å². The molecular weight excluding hydrogens is 278 g/mol. The van der Waals surface area contributed by atoms with Crippen molar-refractivity contribution in [3.63, 3.8) is 0 Å². The molecule has 1 N–H and O–H groups in total. The minimum atomic E-state index is -0.00352. The highest BCUT2D eigenvalue weighted by Crippen LogP contribution is 2.26. The van der Waals surface area contributed by atoms with Crippen LogP contribution in [0.5, 0.6) is 0 Å². The summed E-state index contributed by atoms with van der Waals surface area (Å²) in [5, 5.41) is 3.04. The Labute approximate surface area is 133 Å². The molecule has 1 aliphatic carbocycles. The molecule has 5 nitrogen and oxygen atoms in total. The van der Waals surface area contributed by atoms with Gasteiger partial charge in [-0.15, -0.1) is 0 Å². The Kier molecular flexibility index (Phi) is 4.59. The fourth-order valence-electron chi connectivity index (χ4n) is 3.96. The predicted octanol–water partition coefficient (Wildman–Crippen LogP) is 2.07. The maximum absolute atomic E-state index is 12.8. The van der Waals surface area contributed by atoms with Crippen molar-refractivity contribution in [2.75, 3.05) is 26.2 Å². The first kappa shape index (κ1) is 15.6. The third-order valence-corrected chi connectivity index (χ3v) is 5.14. The van der Waals surface area contributed by atoms with Crippen molar-refractivity contribution in [3.8, 4) is 0 Å². The zero-order chi connectivity index (χ0) is 15.7. The van der Waals surface area contributed by atoms with E-state index in [4.69, 9.17) is 0 Å². The Morgan fingerprint density at radius 2 is 1.64 bits per heavy atom. The van der Waals surface area contributed by atoms with Crippen LogP contribution in [0.1, 0.15) is 46.0 Å². The largest absolute Gasteiger partial charge is 0.342 e. The van der Waals surface area contributed by atoms with Gasteiger partial charge in [0.2, 0.25) is 5.91 Å². The molecule has 0 bridgehead atoms. The quantitative estimate of drug-likeness (QED) is 0.849. The number of likely N-dealkylation sites (tertiary alicyclic amines) is 2. The van der Waals surface area contributed by atoms with E-state index < -0.39 is 0 Å². The van der Waals surface area contributed by atoms with Crippen molar-refractivity contribution in [2.24, 2.45) is 17.8 Å². The number of nitrogens with one attached hydrogen (secondary N) is 1. The summed E-state index contributed by atoms with van der Waals surface area (Å²) in [5.74, 6) is 1.44. The number of urea groups is 1. The summed E-state index contributed by atoms with van der Waals surface area (Å²) in [7, 11) is 0. The lowest BCUT2D eigenvalue weighted by Gasteiger charge is -2.39. The molecule has 0 aromatic rings. The van der Waals surface area contributed by atoms with E-state index in [0.29, 0.717) is 24.4 Å². The molecule has 3 amide bonds. The van der Waals surface area contributed by atoms with Crippen LogP contribution in [0, 0.1) is 17.8 Å². The van der Waals surface area contributed by atoms with Crippen LogP contribution in [0.3, 0.4) is 0 Å². The average molecular weight is 307 g/mol. The summed E-state index contributed by atoms with van der Waals surface area (Å²) >= 11 is 0. The Morgan fingerprint density at radius 3 is 2.27 bits per heavy atom. The number of amides is 3. The molecule has 124 valence electrons. The van der Waals surface area contributed by atoms with Crippen LogP contribution in [0.2, 0.25) is 0 Å². The molecule has 3 unspecified atom stereocenters. The molecule has 2 heterocycles. The van der Waals surface area contributed by atoms with Gasteiger partial charge in [-0.3, -0.25) is 4.79 Å². The van der Waals surface area contributed by atoms with Crippen molar-refractivity contribution >= 4 is 11.9 Å². The maximum Gasteiger partial charge on any atom is 0.317 e. The number of piperidine rings is 2. The van der Waals surface area contributed by atoms with E-state index >= 15 is 0 Å².